The first-order valence-electron chi connectivity index (χ1n) is 5.20. The maximum absolute atomic E-state index is 11.7. The Morgan fingerprint density at radius 2 is 2.47 bits per heavy atom. The van der Waals surface area contributed by atoms with E-state index in [2.05, 4.69) is 5.32 Å². The molecule has 0 aromatic heterocycles. The molecule has 5 nitrogen and oxygen atoms in total. The smallest absolute Gasteiger partial charge is 0.226 e. The van der Waals surface area contributed by atoms with Gasteiger partial charge >= 0.3 is 0 Å². The van der Waals surface area contributed by atoms with E-state index in [4.69, 9.17) is 14.6 Å². The summed E-state index contributed by atoms with van der Waals surface area (Å²) in [7, 11) is 1.54. The molecule has 1 amide bonds. The largest absolute Gasteiger partial charge is 0.394 e. The van der Waals surface area contributed by atoms with E-state index in [-0.39, 0.29) is 30.6 Å². The van der Waals surface area contributed by atoms with Crippen molar-refractivity contribution >= 4 is 5.91 Å². The van der Waals surface area contributed by atoms with Crippen molar-refractivity contribution in [3.8, 4) is 0 Å². The topological polar surface area (TPSA) is 67.8 Å². The lowest BCUT2D eigenvalue weighted by Gasteiger charge is -2.19. The van der Waals surface area contributed by atoms with Gasteiger partial charge in [-0.15, -0.1) is 0 Å². The Morgan fingerprint density at radius 3 is 2.93 bits per heavy atom. The molecule has 0 aromatic rings. The zero-order valence-electron chi connectivity index (χ0n) is 9.23. The highest BCUT2D eigenvalue weighted by molar-refractivity contribution is 5.79. The first-order chi connectivity index (χ1) is 7.19. The van der Waals surface area contributed by atoms with Crippen LogP contribution in [0.4, 0.5) is 0 Å². The van der Waals surface area contributed by atoms with Gasteiger partial charge in [-0.05, 0) is 13.3 Å². The molecule has 0 radical (unpaired) electrons. The minimum absolute atomic E-state index is 0.0353. The third-order valence-corrected chi connectivity index (χ3v) is 2.65. The van der Waals surface area contributed by atoms with Gasteiger partial charge < -0.3 is 19.9 Å². The molecule has 15 heavy (non-hydrogen) atoms. The summed E-state index contributed by atoms with van der Waals surface area (Å²) >= 11 is 0. The molecule has 0 aromatic carbocycles. The van der Waals surface area contributed by atoms with E-state index in [1.807, 2.05) is 6.92 Å². The summed E-state index contributed by atoms with van der Waals surface area (Å²) in [6, 6.07) is -0.324. The standard InChI is InChI=1S/C10H19NO4/c1-7-9(3-4-15-7)10(13)11-8(5-12)6-14-2/h7-9,12H,3-6H2,1-2H3,(H,11,13). The summed E-state index contributed by atoms with van der Waals surface area (Å²) in [4.78, 5) is 11.7. The number of hydrogen-bond donors (Lipinski definition) is 2. The van der Waals surface area contributed by atoms with Gasteiger partial charge in [0.15, 0.2) is 0 Å². The number of hydrogen-bond acceptors (Lipinski definition) is 4. The van der Waals surface area contributed by atoms with E-state index in [1.165, 1.54) is 7.11 Å². The third-order valence-electron chi connectivity index (χ3n) is 2.65. The van der Waals surface area contributed by atoms with Crippen molar-refractivity contribution < 1.29 is 19.4 Å². The van der Waals surface area contributed by atoms with E-state index in [0.29, 0.717) is 13.2 Å². The fourth-order valence-electron chi connectivity index (χ4n) is 1.73. The lowest BCUT2D eigenvalue weighted by Crippen LogP contribution is -2.44. The maximum Gasteiger partial charge on any atom is 0.226 e. The van der Waals surface area contributed by atoms with Crippen molar-refractivity contribution in [2.45, 2.75) is 25.5 Å². The van der Waals surface area contributed by atoms with Gasteiger partial charge in [-0.3, -0.25) is 4.79 Å². The first-order valence-corrected chi connectivity index (χ1v) is 5.20. The van der Waals surface area contributed by atoms with E-state index in [1.54, 1.807) is 0 Å². The Morgan fingerprint density at radius 1 is 1.73 bits per heavy atom. The van der Waals surface area contributed by atoms with Crippen LogP contribution >= 0.6 is 0 Å². The van der Waals surface area contributed by atoms with Crippen molar-refractivity contribution in [1.82, 2.24) is 5.32 Å². The summed E-state index contributed by atoms with van der Waals surface area (Å²) in [6.07, 6.45) is 0.713. The lowest BCUT2D eigenvalue weighted by molar-refractivity contribution is -0.127. The van der Waals surface area contributed by atoms with Crippen LogP contribution in [-0.4, -0.2) is 50.1 Å². The van der Waals surface area contributed by atoms with Gasteiger partial charge in [0.05, 0.1) is 31.3 Å². The SMILES string of the molecule is COCC(CO)NC(=O)C1CCOC1C. The number of rotatable bonds is 5. The number of carbonyl (C=O) groups is 1. The molecular formula is C10H19NO4. The van der Waals surface area contributed by atoms with Crippen LogP contribution in [-0.2, 0) is 14.3 Å². The molecule has 1 rings (SSSR count). The Kier molecular flexibility index (Phi) is 5.01. The molecule has 3 atom stereocenters. The van der Waals surface area contributed by atoms with Gasteiger partial charge in [0.25, 0.3) is 0 Å². The summed E-state index contributed by atoms with van der Waals surface area (Å²) in [5, 5.41) is 11.7. The molecule has 0 saturated carbocycles. The van der Waals surface area contributed by atoms with Crippen molar-refractivity contribution in [3.63, 3.8) is 0 Å². The van der Waals surface area contributed by atoms with E-state index in [9.17, 15) is 4.79 Å². The van der Waals surface area contributed by atoms with Crippen LogP contribution in [0.2, 0.25) is 0 Å². The molecule has 1 heterocycles. The van der Waals surface area contributed by atoms with Crippen molar-refractivity contribution in [3.05, 3.63) is 0 Å². The number of ether oxygens (including phenoxy) is 2. The van der Waals surface area contributed by atoms with Gasteiger partial charge in [0.2, 0.25) is 5.91 Å². The average molecular weight is 217 g/mol. The molecule has 1 aliphatic rings. The Labute approximate surface area is 89.8 Å². The predicted octanol–water partition coefficient (Wildman–Crippen LogP) is -0.465. The second-order valence-corrected chi connectivity index (χ2v) is 3.81. The molecule has 1 saturated heterocycles. The van der Waals surface area contributed by atoms with E-state index in [0.717, 1.165) is 6.42 Å². The number of aliphatic hydroxyl groups excluding tert-OH is 1. The quantitative estimate of drug-likeness (QED) is 0.653. The molecule has 1 fully saturated rings. The van der Waals surface area contributed by atoms with Crippen LogP contribution in [0.3, 0.4) is 0 Å². The highest BCUT2D eigenvalue weighted by Crippen LogP contribution is 2.20. The van der Waals surface area contributed by atoms with E-state index < -0.39 is 0 Å². The fraction of sp³-hybridized carbons (Fsp3) is 0.900. The van der Waals surface area contributed by atoms with Gasteiger partial charge in [-0.2, -0.15) is 0 Å². The van der Waals surface area contributed by atoms with Crippen LogP contribution in [0.25, 0.3) is 0 Å². The molecule has 88 valence electrons. The Bertz CT molecular complexity index is 210. The Hall–Kier alpha value is -0.650. The monoisotopic (exact) mass is 217 g/mol. The zero-order chi connectivity index (χ0) is 11.3. The second kappa shape index (κ2) is 6.05. The predicted molar refractivity (Wildman–Crippen MR) is 54.4 cm³/mol. The molecule has 5 heteroatoms. The number of aliphatic hydroxyl groups is 1. The molecule has 3 unspecified atom stereocenters. The number of nitrogens with one attached hydrogen (secondary N) is 1. The fourth-order valence-corrected chi connectivity index (χ4v) is 1.73. The van der Waals surface area contributed by atoms with Crippen LogP contribution in [0.1, 0.15) is 13.3 Å². The van der Waals surface area contributed by atoms with Gasteiger partial charge in [0.1, 0.15) is 0 Å². The third kappa shape index (κ3) is 3.44. The second-order valence-electron chi connectivity index (χ2n) is 3.81. The first kappa shape index (κ1) is 12.4. The van der Waals surface area contributed by atoms with Gasteiger partial charge in [0, 0.05) is 13.7 Å². The number of amides is 1. The van der Waals surface area contributed by atoms with Crippen molar-refractivity contribution in [2.75, 3.05) is 26.9 Å². The minimum atomic E-state index is -0.324. The summed E-state index contributed by atoms with van der Waals surface area (Å²) < 4.78 is 10.2. The molecule has 0 bridgehead atoms. The van der Waals surface area contributed by atoms with Crippen molar-refractivity contribution in [1.29, 1.82) is 0 Å². The van der Waals surface area contributed by atoms with E-state index >= 15 is 0 Å². The molecule has 0 aliphatic carbocycles. The average Bonchev–Trinajstić information content (AvgIpc) is 2.63. The summed E-state index contributed by atoms with van der Waals surface area (Å²) in [5.41, 5.74) is 0. The maximum atomic E-state index is 11.7. The summed E-state index contributed by atoms with van der Waals surface area (Å²) in [6.45, 7) is 2.74. The lowest BCUT2D eigenvalue weighted by atomic mass is 10.0. The van der Waals surface area contributed by atoms with Gasteiger partial charge in [-0.25, -0.2) is 0 Å². The van der Waals surface area contributed by atoms with Crippen LogP contribution in [0.15, 0.2) is 0 Å². The number of methoxy groups -OCH3 is 1. The van der Waals surface area contributed by atoms with Crippen LogP contribution in [0.5, 0.6) is 0 Å². The summed E-state index contributed by atoms with van der Waals surface area (Å²) in [5.74, 6) is -0.160. The van der Waals surface area contributed by atoms with Crippen LogP contribution in [0, 0.1) is 5.92 Å². The molecule has 0 spiro atoms. The Balaban J connectivity index is 2.39. The minimum Gasteiger partial charge on any atom is -0.394 e. The van der Waals surface area contributed by atoms with Crippen LogP contribution < -0.4 is 5.32 Å². The normalized spacial score (nSPS) is 27.7. The zero-order valence-corrected chi connectivity index (χ0v) is 9.23. The number of carbonyl (C=O) groups excluding carboxylic acids is 1. The molecule has 2 N–H and O–H groups in total. The molecule has 1 aliphatic heterocycles. The van der Waals surface area contributed by atoms with Crippen molar-refractivity contribution in [2.24, 2.45) is 5.92 Å². The molecular weight excluding hydrogens is 198 g/mol. The highest BCUT2D eigenvalue weighted by atomic mass is 16.5. The van der Waals surface area contributed by atoms with Gasteiger partial charge in [-0.1, -0.05) is 0 Å². The highest BCUT2D eigenvalue weighted by Gasteiger charge is 2.31.